The summed E-state index contributed by atoms with van der Waals surface area (Å²) in [5, 5.41) is 24.5. The third kappa shape index (κ3) is 3.00. The number of carbonyl (C=O) groups is 1. The van der Waals surface area contributed by atoms with E-state index in [-0.39, 0.29) is 12.4 Å². The van der Waals surface area contributed by atoms with Crippen LogP contribution in [0.3, 0.4) is 0 Å². The number of ether oxygens (including phenoxy) is 2. The molecule has 25 heavy (non-hydrogen) atoms. The Bertz CT molecular complexity index is 830. The van der Waals surface area contributed by atoms with E-state index in [9.17, 15) is 9.90 Å². The fourth-order valence-electron chi connectivity index (χ4n) is 2.77. The van der Waals surface area contributed by atoms with Crippen LogP contribution in [0, 0.1) is 0 Å². The van der Waals surface area contributed by atoms with Gasteiger partial charge in [-0.25, -0.2) is 4.79 Å². The molecule has 1 atom stereocenters. The van der Waals surface area contributed by atoms with Crippen molar-refractivity contribution >= 4 is 11.9 Å². The van der Waals surface area contributed by atoms with Gasteiger partial charge in [0.2, 0.25) is 5.95 Å². The fourth-order valence-corrected chi connectivity index (χ4v) is 2.77. The molecule has 0 amide bonds. The van der Waals surface area contributed by atoms with Gasteiger partial charge in [-0.1, -0.05) is 11.2 Å². The zero-order valence-electron chi connectivity index (χ0n) is 14.2. The van der Waals surface area contributed by atoms with Crippen LogP contribution in [-0.2, 0) is 9.53 Å². The molecule has 1 aromatic carbocycles. The number of tetrazole rings is 1. The summed E-state index contributed by atoms with van der Waals surface area (Å²) in [5.41, 5.74) is 1.70. The van der Waals surface area contributed by atoms with Gasteiger partial charge in [0.1, 0.15) is 6.04 Å². The van der Waals surface area contributed by atoms with Gasteiger partial charge >= 0.3 is 5.97 Å². The first kappa shape index (κ1) is 16.7. The molecule has 0 spiro atoms. The molecular formula is C16H19N5O4. The number of aromatic hydroxyl groups is 1. The number of hydrogen-bond donors (Lipinski definition) is 2. The van der Waals surface area contributed by atoms with Crippen molar-refractivity contribution in [2.45, 2.75) is 26.8 Å². The molecule has 3 rings (SSSR count). The second kappa shape index (κ2) is 6.80. The second-order valence-electron chi connectivity index (χ2n) is 5.39. The molecule has 1 aromatic heterocycles. The molecule has 9 heteroatoms. The zero-order chi connectivity index (χ0) is 18.0. The van der Waals surface area contributed by atoms with Crippen LogP contribution in [0.25, 0.3) is 0 Å². The van der Waals surface area contributed by atoms with Crippen molar-refractivity contribution in [3.05, 3.63) is 35.0 Å². The first-order valence-corrected chi connectivity index (χ1v) is 7.95. The van der Waals surface area contributed by atoms with Gasteiger partial charge in [0.25, 0.3) is 0 Å². The molecule has 2 heterocycles. The summed E-state index contributed by atoms with van der Waals surface area (Å²) in [5.74, 6) is 0.315. The highest BCUT2D eigenvalue weighted by molar-refractivity contribution is 5.92. The molecule has 1 aliphatic heterocycles. The topological polar surface area (TPSA) is 111 Å². The molecule has 132 valence electrons. The summed E-state index contributed by atoms with van der Waals surface area (Å²) >= 11 is 0. The van der Waals surface area contributed by atoms with Crippen LogP contribution in [0.5, 0.6) is 11.5 Å². The Morgan fingerprint density at radius 3 is 2.88 bits per heavy atom. The molecule has 0 radical (unpaired) electrons. The van der Waals surface area contributed by atoms with Crippen LogP contribution in [0.2, 0.25) is 0 Å². The summed E-state index contributed by atoms with van der Waals surface area (Å²) in [6, 6.07) is 4.30. The third-order valence-corrected chi connectivity index (χ3v) is 3.81. The standard InChI is InChI=1S/C16H19N5O4/c1-4-24-12-8-10(6-7-11(12)22)14-13(15(23)25-5-2)9(3)17-16-18-19-20-21(14)16/h6-8,14,22H,4-5H2,1-3H3,(H,17,18,20)/t14-/m0/s1. The maximum atomic E-state index is 12.5. The molecule has 2 N–H and O–H groups in total. The maximum absolute atomic E-state index is 12.5. The van der Waals surface area contributed by atoms with Crippen LogP contribution < -0.4 is 10.1 Å². The number of aromatic nitrogens is 4. The van der Waals surface area contributed by atoms with Gasteiger partial charge in [-0.3, -0.25) is 0 Å². The van der Waals surface area contributed by atoms with Gasteiger partial charge in [0.15, 0.2) is 11.5 Å². The van der Waals surface area contributed by atoms with E-state index in [0.29, 0.717) is 35.1 Å². The van der Waals surface area contributed by atoms with E-state index in [4.69, 9.17) is 9.47 Å². The van der Waals surface area contributed by atoms with Gasteiger partial charge in [0, 0.05) is 5.70 Å². The van der Waals surface area contributed by atoms with E-state index in [1.165, 1.54) is 10.7 Å². The van der Waals surface area contributed by atoms with Crippen LogP contribution in [-0.4, -0.2) is 44.5 Å². The van der Waals surface area contributed by atoms with Crippen molar-refractivity contribution in [1.82, 2.24) is 20.2 Å². The highest BCUT2D eigenvalue weighted by Gasteiger charge is 2.35. The summed E-state index contributed by atoms with van der Waals surface area (Å²) in [6.45, 7) is 5.99. The first-order chi connectivity index (χ1) is 12.1. The van der Waals surface area contributed by atoms with Crippen molar-refractivity contribution in [3.8, 4) is 11.5 Å². The average molecular weight is 345 g/mol. The van der Waals surface area contributed by atoms with Crippen LogP contribution in [0.1, 0.15) is 32.4 Å². The predicted molar refractivity (Wildman–Crippen MR) is 88.2 cm³/mol. The summed E-state index contributed by atoms with van der Waals surface area (Å²) in [4.78, 5) is 12.5. The van der Waals surface area contributed by atoms with Crippen molar-refractivity contribution in [2.24, 2.45) is 0 Å². The van der Waals surface area contributed by atoms with Gasteiger partial charge in [-0.15, -0.1) is 0 Å². The molecule has 1 aliphatic rings. The highest BCUT2D eigenvalue weighted by Crippen LogP contribution is 2.38. The number of allylic oxidation sites excluding steroid dienone is 1. The van der Waals surface area contributed by atoms with E-state index >= 15 is 0 Å². The smallest absolute Gasteiger partial charge is 0.338 e. The molecule has 0 fully saturated rings. The third-order valence-electron chi connectivity index (χ3n) is 3.81. The molecule has 0 saturated heterocycles. The Morgan fingerprint density at radius 2 is 2.16 bits per heavy atom. The minimum atomic E-state index is -0.592. The number of carbonyl (C=O) groups excluding carboxylic acids is 1. The van der Waals surface area contributed by atoms with Crippen molar-refractivity contribution < 1.29 is 19.4 Å². The first-order valence-electron chi connectivity index (χ1n) is 7.95. The van der Waals surface area contributed by atoms with E-state index < -0.39 is 12.0 Å². The molecule has 0 unspecified atom stereocenters. The molecule has 2 aromatic rings. The Balaban J connectivity index is 2.13. The lowest BCUT2D eigenvalue weighted by Gasteiger charge is -2.27. The van der Waals surface area contributed by atoms with Gasteiger partial charge in [-0.05, 0) is 48.9 Å². The lowest BCUT2D eigenvalue weighted by molar-refractivity contribution is -0.139. The lowest BCUT2D eigenvalue weighted by Crippen LogP contribution is -2.29. The molecule has 9 nitrogen and oxygen atoms in total. The zero-order valence-corrected chi connectivity index (χ0v) is 14.2. The van der Waals surface area contributed by atoms with Gasteiger partial charge < -0.3 is 19.9 Å². The predicted octanol–water partition coefficient (Wildman–Crippen LogP) is 1.63. The SMILES string of the molecule is CCOC(=O)C1=C(C)Nc2nnnn2[C@H]1c1ccc(O)c(OCC)c1. The molecule has 0 bridgehead atoms. The molecule has 0 aliphatic carbocycles. The number of nitrogens with one attached hydrogen (secondary N) is 1. The number of phenols is 1. The van der Waals surface area contributed by atoms with Crippen molar-refractivity contribution in [1.29, 1.82) is 0 Å². The minimum Gasteiger partial charge on any atom is -0.504 e. The maximum Gasteiger partial charge on any atom is 0.338 e. The number of benzene rings is 1. The normalized spacial score (nSPS) is 16.2. The average Bonchev–Trinajstić information content (AvgIpc) is 3.04. The second-order valence-corrected chi connectivity index (χ2v) is 5.39. The van der Waals surface area contributed by atoms with E-state index in [0.717, 1.165) is 0 Å². The summed E-state index contributed by atoms with van der Waals surface area (Å²) < 4.78 is 12.1. The summed E-state index contributed by atoms with van der Waals surface area (Å²) in [7, 11) is 0. The van der Waals surface area contributed by atoms with E-state index in [1.807, 2.05) is 6.92 Å². The van der Waals surface area contributed by atoms with Crippen LogP contribution in [0.15, 0.2) is 29.5 Å². The number of anilines is 1. The number of hydrogen-bond acceptors (Lipinski definition) is 8. The Hall–Kier alpha value is -3.10. The fraction of sp³-hybridized carbons (Fsp3) is 0.375. The Labute approximate surface area is 144 Å². The number of fused-ring (bicyclic) bond motifs is 1. The van der Waals surface area contributed by atoms with Crippen molar-refractivity contribution in [2.75, 3.05) is 18.5 Å². The van der Waals surface area contributed by atoms with Gasteiger partial charge in [-0.2, -0.15) is 4.68 Å². The molecule has 0 saturated carbocycles. The van der Waals surface area contributed by atoms with Crippen molar-refractivity contribution in [3.63, 3.8) is 0 Å². The highest BCUT2D eigenvalue weighted by atomic mass is 16.5. The van der Waals surface area contributed by atoms with Crippen LogP contribution in [0.4, 0.5) is 5.95 Å². The number of phenolic OH excluding ortho intramolecular Hbond substituents is 1. The Kier molecular flexibility index (Phi) is 4.55. The number of rotatable bonds is 5. The largest absolute Gasteiger partial charge is 0.504 e. The summed E-state index contributed by atoms with van der Waals surface area (Å²) in [6.07, 6.45) is 0. The monoisotopic (exact) mass is 345 g/mol. The lowest BCUT2D eigenvalue weighted by atomic mass is 9.95. The number of nitrogens with zero attached hydrogens (tertiary/aromatic N) is 4. The quantitative estimate of drug-likeness (QED) is 0.787. The van der Waals surface area contributed by atoms with Crippen LogP contribution >= 0.6 is 0 Å². The molecular weight excluding hydrogens is 326 g/mol. The van der Waals surface area contributed by atoms with Gasteiger partial charge in [0.05, 0.1) is 18.8 Å². The Morgan fingerprint density at radius 1 is 1.36 bits per heavy atom. The van der Waals surface area contributed by atoms with E-state index in [2.05, 4.69) is 20.8 Å². The minimum absolute atomic E-state index is 0.0230. The number of esters is 1. The van der Waals surface area contributed by atoms with E-state index in [1.54, 1.807) is 26.0 Å².